The zero-order chi connectivity index (χ0) is 17.8. The van der Waals surface area contributed by atoms with E-state index in [0.29, 0.717) is 34.8 Å². The van der Waals surface area contributed by atoms with Gasteiger partial charge in [0.2, 0.25) is 11.8 Å². The second kappa shape index (κ2) is 7.44. The number of anilines is 1. The molecule has 0 radical (unpaired) electrons. The molecule has 7 heteroatoms. The molecule has 130 valence electrons. The quantitative estimate of drug-likeness (QED) is 0.706. The lowest BCUT2D eigenvalue weighted by Crippen LogP contribution is -2.01. The summed E-state index contributed by atoms with van der Waals surface area (Å²) in [6, 6.07) is 11.1. The van der Waals surface area contributed by atoms with Gasteiger partial charge in [-0.15, -0.1) is 10.2 Å². The summed E-state index contributed by atoms with van der Waals surface area (Å²) >= 11 is 5.96. The van der Waals surface area contributed by atoms with E-state index in [9.17, 15) is 0 Å². The molecule has 1 aromatic heterocycles. The van der Waals surface area contributed by atoms with Gasteiger partial charge in [0.25, 0.3) is 0 Å². The van der Waals surface area contributed by atoms with E-state index in [0.717, 1.165) is 16.8 Å². The normalized spacial score (nSPS) is 10.6. The number of aryl methyl sites for hydroxylation is 1. The molecule has 0 unspecified atom stereocenters. The number of halogens is 1. The first-order valence-corrected chi connectivity index (χ1v) is 8.03. The van der Waals surface area contributed by atoms with Crippen LogP contribution in [0.15, 0.2) is 40.8 Å². The van der Waals surface area contributed by atoms with Gasteiger partial charge in [0.15, 0.2) is 11.5 Å². The Morgan fingerprint density at radius 2 is 1.84 bits per heavy atom. The highest BCUT2D eigenvalue weighted by molar-refractivity contribution is 6.30. The number of nitrogens with one attached hydrogen (secondary N) is 1. The van der Waals surface area contributed by atoms with Gasteiger partial charge >= 0.3 is 0 Å². The van der Waals surface area contributed by atoms with Crippen LogP contribution in [0.4, 0.5) is 5.69 Å². The van der Waals surface area contributed by atoms with Crippen LogP contribution < -0.4 is 14.8 Å². The van der Waals surface area contributed by atoms with Crippen LogP contribution in [0.5, 0.6) is 11.5 Å². The molecule has 0 saturated heterocycles. The summed E-state index contributed by atoms with van der Waals surface area (Å²) in [4.78, 5) is 0. The molecule has 3 rings (SSSR count). The number of benzene rings is 2. The van der Waals surface area contributed by atoms with E-state index in [-0.39, 0.29) is 0 Å². The van der Waals surface area contributed by atoms with Crippen molar-refractivity contribution in [1.82, 2.24) is 10.2 Å². The van der Waals surface area contributed by atoms with Gasteiger partial charge in [0.05, 0.1) is 20.8 Å². The van der Waals surface area contributed by atoms with E-state index in [1.54, 1.807) is 26.4 Å². The molecule has 0 aliphatic rings. The Hall–Kier alpha value is -2.73. The summed E-state index contributed by atoms with van der Waals surface area (Å²) < 4.78 is 16.2. The number of nitrogens with zero attached hydrogens (tertiary/aromatic N) is 2. The van der Waals surface area contributed by atoms with E-state index in [4.69, 9.17) is 25.5 Å². The van der Waals surface area contributed by atoms with Crippen molar-refractivity contribution in [1.29, 1.82) is 0 Å². The van der Waals surface area contributed by atoms with Crippen molar-refractivity contribution in [2.45, 2.75) is 13.5 Å². The fraction of sp³-hybridized carbons (Fsp3) is 0.222. The lowest BCUT2D eigenvalue weighted by atomic mass is 10.2. The molecule has 0 bridgehead atoms. The standard InChI is InChI=1S/C18H18ClN3O3/c1-11-8-13(19)5-6-14(11)20-10-17-21-22-18(25-17)12-4-7-15(23-2)16(9-12)24-3/h4-9,20H,10H2,1-3H3. The average Bonchev–Trinajstić information content (AvgIpc) is 3.09. The number of aromatic nitrogens is 2. The Kier molecular flexibility index (Phi) is 5.09. The predicted octanol–water partition coefficient (Wildman–Crippen LogP) is 4.33. The minimum Gasteiger partial charge on any atom is -0.493 e. The molecule has 25 heavy (non-hydrogen) atoms. The largest absolute Gasteiger partial charge is 0.493 e. The molecule has 0 saturated carbocycles. The van der Waals surface area contributed by atoms with Gasteiger partial charge < -0.3 is 19.2 Å². The third kappa shape index (κ3) is 3.85. The fourth-order valence-corrected chi connectivity index (χ4v) is 2.63. The molecule has 2 aromatic carbocycles. The Bertz CT molecular complexity index is 880. The van der Waals surface area contributed by atoms with Crippen LogP contribution in [0.2, 0.25) is 5.02 Å². The Morgan fingerprint density at radius 1 is 1.04 bits per heavy atom. The van der Waals surface area contributed by atoms with Gasteiger partial charge in [-0.1, -0.05) is 11.6 Å². The minimum absolute atomic E-state index is 0.419. The van der Waals surface area contributed by atoms with Crippen molar-refractivity contribution in [2.24, 2.45) is 0 Å². The number of ether oxygens (including phenoxy) is 2. The molecule has 0 amide bonds. The Morgan fingerprint density at radius 3 is 2.56 bits per heavy atom. The number of hydrogen-bond donors (Lipinski definition) is 1. The molecular weight excluding hydrogens is 342 g/mol. The first-order chi connectivity index (χ1) is 12.1. The lowest BCUT2D eigenvalue weighted by molar-refractivity contribution is 0.355. The van der Waals surface area contributed by atoms with Gasteiger partial charge in [0, 0.05) is 16.3 Å². The minimum atomic E-state index is 0.419. The van der Waals surface area contributed by atoms with Gasteiger partial charge in [-0.25, -0.2) is 0 Å². The summed E-state index contributed by atoms with van der Waals surface area (Å²) in [5.41, 5.74) is 2.78. The topological polar surface area (TPSA) is 69.4 Å². The molecule has 1 N–H and O–H groups in total. The molecule has 3 aromatic rings. The molecule has 6 nitrogen and oxygen atoms in total. The van der Waals surface area contributed by atoms with Crippen LogP contribution in [0.25, 0.3) is 11.5 Å². The SMILES string of the molecule is COc1ccc(-c2nnc(CNc3ccc(Cl)cc3C)o2)cc1OC. The highest BCUT2D eigenvalue weighted by Gasteiger charge is 2.12. The van der Waals surface area contributed by atoms with E-state index >= 15 is 0 Å². The molecule has 1 heterocycles. The summed E-state index contributed by atoms with van der Waals surface area (Å²) in [7, 11) is 3.17. The van der Waals surface area contributed by atoms with Crippen LogP contribution in [-0.2, 0) is 6.54 Å². The summed E-state index contributed by atoms with van der Waals surface area (Å²) in [6.45, 7) is 2.40. The monoisotopic (exact) mass is 359 g/mol. The van der Waals surface area contributed by atoms with E-state index < -0.39 is 0 Å². The molecule has 0 aliphatic carbocycles. The van der Waals surface area contributed by atoms with Gasteiger partial charge in [-0.05, 0) is 48.9 Å². The van der Waals surface area contributed by atoms with Gasteiger partial charge in [-0.3, -0.25) is 0 Å². The van der Waals surface area contributed by atoms with Crippen LogP contribution in [0.3, 0.4) is 0 Å². The first-order valence-electron chi connectivity index (χ1n) is 7.65. The first kappa shape index (κ1) is 17.1. The predicted molar refractivity (Wildman–Crippen MR) is 96.4 cm³/mol. The number of hydrogen-bond acceptors (Lipinski definition) is 6. The Balaban J connectivity index is 1.74. The summed E-state index contributed by atoms with van der Waals surface area (Å²) in [5.74, 6) is 2.16. The number of methoxy groups -OCH3 is 2. The van der Waals surface area contributed by atoms with Crippen molar-refractivity contribution < 1.29 is 13.9 Å². The third-order valence-electron chi connectivity index (χ3n) is 3.72. The van der Waals surface area contributed by atoms with Crippen molar-refractivity contribution >= 4 is 17.3 Å². The number of rotatable bonds is 6. The lowest BCUT2D eigenvalue weighted by Gasteiger charge is -2.08. The van der Waals surface area contributed by atoms with Crippen molar-refractivity contribution in [3.63, 3.8) is 0 Å². The average molecular weight is 360 g/mol. The summed E-state index contributed by atoms with van der Waals surface area (Å²) in [6.07, 6.45) is 0. The Labute approximate surface area is 150 Å². The zero-order valence-corrected chi connectivity index (χ0v) is 14.9. The van der Waals surface area contributed by atoms with Crippen LogP contribution in [0, 0.1) is 6.92 Å². The molecule has 0 spiro atoms. The molecule has 0 atom stereocenters. The summed E-state index contributed by atoms with van der Waals surface area (Å²) in [5, 5.41) is 12.1. The fourth-order valence-electron chi connectivity index (χ4n) is 2.41. The van der Waals surface area contributed by atoms with Crippen molar-refractivity contribution in [3.05, 3.63) is 52.9 Å². The van der Waals surface area contributed by atoms with E-state index in [1.807, 2.05) is 31.2 Å². The third-order valence-corrected chi connectivity index (χ3v) is 3.95. The van der Waals surface area contributed by atoms with Crippen LogP contribution in [0.1, 0.15) is 11.5 Å². The molecule has 0 fully saturated rings. The van der Waals surface area contributed by atoms with E-state index in [1.165, 1.54) is 0 Å². The van der Waals surface area contributed by atoms with Crippen LogP contribution in [-0.4, -0.2) is 24.4 Å². The molecular formula is C18H18ClN3O3. The highest BCUT2D eigenvalue weighted by Crippen LogP contribution is 2.31. The maximum absolute atomic E-state index is 5.96. The zero-order valence-electron chi connectivity index (χ0n) is 14.2. The maximum atomic E-state index is 5.96. The maximum Gasteiger partial charge on any atom is 0.247 e. The van der Waals surface area contributed by atoms with E-state index in [2.05, 4.69) is 15.5 Å². The van der Waals surface area contributed by atoms with Crippen LogP contribution >= 0.6 is 11.6 Å². The van der Waals surface area contributed by atoms with Crippen molar-refractivity contribution in [3.8, 4) is 23.0 Å². The van der Waals surface area contributed by atoms with Gasteiger partial charge in [0.1, 0.15) is 0 Å². The second-order valence-corrected chi connectivity index (χ2v) is 5.82. The highest BCUT2D eigenvalue weighted by atomic mass is 35.5. The smallest absolute Gasteiger partial charge is 0.247 e. The molecule has 0 aliphatic heterocycles. The van der Waals surface area contributed by atoms with Gasteiger partial charge in [-0.2, -0.15) is 0 Å². The van der Waals surface area contributed by atoms with Crippen molar-refractivity contribution in [2.75, 3.05) is 19.5 Å². The second-order valence-electron chi connectivity index (χ2n) is 5.38.